The smallest absolute Gasteiger partial charge is 0.334 e. The Bertz CT molecular complexity index is 562. The molecular weight excluding hydrogens is 360 g/mol. The van der Waals surface area contributed by atoms with E-state index in [2.05, 4.69) is 10.6 Å². The molecule has 4 amide bonds. The second-order valence-corrected chi connectivity index (χ2v) is 6.54. The second-order valence-electron chi connectivity index (χ2n) is 6.54. The van der Waals surface area contributed by atoms with Crippen LogP contribution < -0.4 is 10.6 Å². The lowest BCUT2D eigenvalue weighted by molar-refractivity contribution is -0.197. The summed E-state index contributed by atoms with van der Waals surface area (Å²) < 4.78 is 0. The Labute approximate surface area is 158 Å². The third kappa shape index (κ3) is 8.16. The molecule has 27 heavy (non-hydrogen) atoms. The van der Waals surface area contributed by atoms with Crippen LogP contribution in [0.4, 0.5) is 0 Å². The fourth-order valence-electron chi connectivity index (χ4n) is 2.56. The van der Waals surface area contributed by atoms with E-state index >= 15 is 0 Å². The third-order valence-corrected chi connectivity index (χ3v) is 4.03. The maximum absolute atomic E-state index is 12.3. The fourth-order valence-corrected chi connectivity index (χ4v) is 2.56. The van der Waals surface area contributed by atoms with Gasteiger partial charge in [-0.3, -0.25) is 24.1 Å². The van der Waals surface area contributed by atoms with E-state index in [0.717, 1.165) is 12.8 Å². The molecule has 10 nitrogen and oxygen atoms in total. The highest BCUT2D eigenvalue weighted by molar-refractivity contribution is 6.01. The fraction of sp³-hybridized carbons (Fsp3) is 0.706. The van der Waals surface area contributed by atoms with Crippen LogP contribution in [0.3, 0.4) is 0 Å². The summed E-state index contributed by atoms with van der Waals surface area (Å²) in [6, 6.07) is -0.361. The van der Waals surface area contributed by atoms with Gasteiger partial charge in [-0.05, 0) is 33.4 Å². The van der Waals surface area contributed by atoms with Crippen molar-refractivity contribution in [2.75, 3.05) is 27.2 Å². The van der Waals surface area contributed by atoms with E-state index in [1.807, 2.05) is 0 Å². The third-order valence-electron chi connectivity index (χ3n) is 4.03. The van der Waals surface area contributed by atoms with Gasteiger partial charge in [0, 0.05) is 32.9 Å². The van der Waals surface area contributed by atoms with Gasteiger partial charge in [0.25, 0.3) is 11.8 Å². The number of hydrogen-bond donors (Lipinski definition) is 2. The molecule has 10 heteroatoms. The molecule has 1 saturated heterocycles. The molecule has 0 radical (unpaired) electrons. The zero-order chi connectivity index (χ0) is 20.4. The number of nitrogens with one attached hydrogen (secondary N) is 2. The van der Waals surface area contributed by atoms with Crippen molar-refractivity contribution in [1.29, 1.82) is 0 Å². The van der Waals surface area contributed by atoms with Gasteiger partial charge >= 0.3 is 5.97 Å². The van der Waals surface area contributed by atoms with Crippen LogP contribution in [0.1, 0.15) is 45.4 Å². The van der Waals surface area contributed by atoms with Crippen molar-refractivity contribution >= 4 is 29.6 Å². The van der Waals surface area contributed by atoms with Crippen molar-refractivity contribution in [1.82, 2.24) is 20.6 Å². The Balaban J connectivity index is 2.30. The number of hydroxylamine groups is 2. The SMILES string of the molecule is CC(=O)N[13CH2]CCCC(C(=O)NCCC(=O)ON1C(=O)CCC1=O)[15N]([13CH3])[13CH3]. The average molecular weight is 388 g/mol. The van der Waals surface area contributed by atoms with Gasteiger partial charge in [-0.15, -0.1) is 5.06 Å². The lowest BCUT2D eigenvalue weighted by atomic mass is 10.1. The van der Waals surface area contributed by atoms with Crippen LogP contribution in [0.2, 0.25) is 0 Å². The molecule has 2 N–H and O–H groups in total. The molecule has 0 bridgehead atoms. The predicted molar refractivity (Wildman–Crippen MR) is 94.8 cm³/mol. The number of likely N-dealkylation sites (N-methyl/N-ethyl adjacent to an activating group) is 1. The van der Waals surface area contributed by atoms with Crippen molar-refractivity contribution in [2.45, 2.75) is 51.5 Å². The summed E-state index contributed by atoms with van der Waals surface area (Å²) in [6.07, 6.45) is 2.06. The maximum atomic E-state index is 12.3. The number of hydrogen-bond acceptors (Lipinski definition) is 7. The zero-order valence-corrected chi connectivity index (χ0v) is 16.1. The first kappa shape index (κ1) is 22.6. The lowest BCUT2D eigenvalue weighted by Crippen LogP contribution is -2.44. The lowest BCUT2D eigenvalue weighted by Gasteiger charge is -2.23. The van der Waals surface area contributed by atoms with Crippen LogP contribution in [0.5, 0.6) is 0 Å². The minimum atomic E-state index is -0.754. The molecule has 1 fully saturated rings. The molecule has 1 heterocycles. The van der Waals surface area contributed by atoms with E-state index in [9.17, 15) is 24.0 Å². The van der Waals surface area contributed by atoms with Gasteiger partial charge in [-0.2, -0.15) is 0 Å². The van der Waals surface area contributed by atoms with E-state index in [-0.39, 0.29) is 43.7 Å². The van der Waals surface area contributed by atoms with Crippen molar-refractivity contribution in [3.05, 3.63) is 0 Å². The Morgan fingerprint density at radius 2 is 1.70 bits per heavy atom. The van der Waals surface area contributed by atoms with Crippen molar-refractivity contribution in [2.24, 2.45) is 0 Å². The van der Waals surface area contributed by atoms with Gasteiger partial charge in [-0.1, -0.05) is 0 Å². The Morgan fingerprint density at radius 3 is 2.26 bits per heavy atom. The molecule has 1 aliphatic rings. The molecule has 0 aromatic rings. The van der Waals surface area contributed by atoms with Crippen LogP contribution >= 0.6 is 0 Å². The van der Waals surface area contributed by atoms with E-state index < -0.39 is 17.8 Å². The van der Waals surface area contributed by atoms with Crippen LogP contribution in [0.15, 0.2) is 0 Å². The summed E-state index contributed by atoms with van der Waals surface area (Å²) in [7, 11) is 3.58. The molecule has 0 aromatic carbocycles. The number of nitrogens with zero attached hydrogens (tertiary/aromatic N) is 2. The Hall–Kier alpha value is -2.49. The van der Waals surface area contributed by atoms with Gasteiger partial charge in [-0.25, -0.2) is 4.79 Å². The molecule has 152 valence electrons. The van der Waals surface area contributed by atoms with Crippen LogP contribution in [0, 0.1) is 0 Å². The van der Waals surface area contributed by atoms with E-state index in [4.69, 9.17) is 4.84 Å². The number of carbonyl (C=O) groups is 5. The zero-order valence-electron chi connectivity index (χ0n) is 16.1. The average Bonchev–Trinajstić information content (AvgIpc) is 2.89. The van der Waals surface area contributed by atoms with Gasteiger partial charge in [0.05, 0.1) is 12.5 Å². The summed E-state index contributed by atoms with van der Waals surface area (Å²) >= 11 is 0. The number of unbranched alkanes of at least 4 members (excludes halogenated alkanes) is 1. The number of rotatable bonds is 11. The standard InChI is InChI=1S/C17H28N4O6/c1-12(22)18-10-5-4-6-13(20(2)3)17(26)19-11-9-16(25)27-21-14(23)7-8-15(21)24/h13H,4-11H2,1-3H3,(H,18,22)(H,19,26)/i2+1,3+1,10+1,20+1. The molecule has 1 rings (SSSR count). The number of imide groups is 1. The number of amides is 4. The Kier molecular flexibility index (Phi) is 9.41. The molecular formula is C17H28N4O6. The molecule has 1 atom stereocenters. The number of carbonyl (C=O) groups excluding carboxylic acids is 5. The van der Waals surface area contributed by atoms with Gasteiger partial charge in [0.15, 0.2) is 0 Å². The van der Waals surface area contributed by atoms with E-state index in [1.165, 1.54) is 6.92 Å². The maximum Gasteiger partial charge on any atom is 0.334 e. The largest absolute Gasteiger partial charge is 0.356 e. The monoisotopic (exact) mass is 388 g/mol. The van der Waals surface area contributed by atoms with Gasteiger partial charge in [0.2, 0.25) is 11.8 Å². The Morgan fingerprint density at radius 1 is 1.07 bits per heavy atom. The van der Waals surface area contributed by atoms with E-state index in [1.54, 1.807) is 19.0 Å². The van der Waals surface area contributed by atoms with Crippen molar-refractivity contribution in [3.63, 3.8) is 0 Å². The highest BCUT2D eigenvalue weighted by atomic mass is 16.7. The van der Waals surface area contributed by atoms with Crippen molar-refractivity contribution in [3.8, 4) is 0 Å². The topological polar surface area (TPSA) is 125 Å². The molecule has 0 saturated carbocycles. The predicted octanol–water partition coefficient (Wildman–Crippen LogP) is -0.663. The summed E-state index contributed by atoms with van der Waals surface area (Å²) in [5.41, 5.74) is 0. The van der Waals surface area contributed by atoms with Gasteiger partial charge < -0.3 is 15.5 Å². The summed E-state index contributed by atoms with van der Waals surface area (Å²) in [5.74, 6) is -2.13. The highest BCUT2D eigenvalue weighted by Crippen LogP contribution is 2.12. The first-order chi connectivity index (χ1) is 12.7. The molecule has 0 spiro atoms. The van der Waals surface area contributed by atoms with Crippen LogP contribution in [0.25, 0.3) is 0 Å². The first-order valence-electron chi connectivity index (χ1n) is 8.97. The van der Waals surface area contributed by atoms with E-state index in [0.29, 0.717) is 18.0 Å². The first-order valence-corrected chi connectivity index (χ1v) is 8.97. The molecule has 0 aliphatic carbocycles. The summed E-state index contributed by atoms with van der Waals surface area (Å²) in [5, 5.41) is 5.85. The minimum Gasteiger partial charge on any atom is -0.356 e. The van der Waals surface area contributed by atoms with Crippen molar-refractivity contribution < 1.29 is 28.8 Å². The van der Waals surface area contributed by atoms with Crippen LogP contribution in [-0.4, -0.2) is 72.8 Å². The summed E-state index contributed by atoms with van der Waals surface area (Å²) in [6.45, 7) is 2.07. The molecule has 1 unspecified atom stereocenters. The normalized spacial score (nSPS) is 15.0. The van der Waals surface area contributed by atoms with Crippen LogP contribution in [-0.2, 0) is 28.8 Å². The minimum absolute atomic E-state index is 0.0370. The summed E-state index contributed by atoms with van der Waals surface area (Å²) in [4.78, 5) is 64.1. The molecule has 0 aromatic heterocycles. The highest BCUT2D eigenvalue weighted by Gasteiger charge is 2.32. The quantitative estimate of drug-likeness (QED) is 0.208. The second kappa shape index (κ2) is 11.3. The van der Waals surface area contributed by atoms with Gasteiger partial charge in [0.1, 0.15) is 0 Å². The molecule has 1 aliphatic heterocycles.